The van der Waals surface area contributed by atoms with E-state index in [9.17, 15) is 19.8 Å². The van der Waals surface area contributed by atoms with Gasteiger partial charge in [0.1, 0.15) is 11.5 Å². The average molecular weight is 701 g/mol. The van der Waals surface area contributed by atoms with Crippen LogP contribution in [0.15, 0.2) is 12.1 Å². The fourth-order valence-electron chi connectivity index (χ4n) is 5.45. The van der Waals surface area contributed by atoms with Gasteiger partial charge in [-0.05, 0) is 84.0 Å². The summed E-state index contributed by atoms with van der Waals surface area (Å²) < 4.78 is 31.3. The Labute approximate surface area is 261 Å². The summed E-state index contributed by atoms with van der Waals surface area (Å²) in [5.41, 5.74) is -2.39. The Hall–Kier alpha value is -2.51. The van der Waals surface area contributed by atoms with Gasteiger partial charge in [-0.25, -0.2) is 8.78 Å². The number of hydrogen-bond donors (Lipinski definition) is 4. The summed E-state index contributed by atoms with van der Waals surface area (Å²) in [6, 6.07) is 1.85. The van der Waals surface area contributed by atoms with Crippen molar-refractivity contribution >= 4 is 45.5 Å². The fraction of sp³-hybridized carbons (Fsp3) is 0.548. The normalized spacial score (nSPS) is 14.2. The minimum absolute atomic E-state index is 0.350. The molecule has 42 heavy (non-hydrogen) atoms. The molecule has 1 aliphatic rings. The number of nitrogens with one attached hydrogen (secondary N) is 2. The molecule has 1 aliphatic carbocycles. The number of phenols is 2. The smallest absolute Gasteiger partial charge is 0.200 e. The van der Waals surface area contributed by atoms with Crippen LogP contribution >= 0.6 is 22.6 Å². The van der Waals surface area contributed by atoms with E-state index in [2.05, 4.69) is 70.7 Å². The van der Waals surface area contributed by atoms with Gasteiger partial charge < -0.3 is 30.6 Å². The fourth-order valence-corrected chi connectivity index (χ4v) is 6.20. The first-order valence-electron chi connectivity index (χ1n) is 14.8. The molecule has 2 aromatic rings. The average Bonchev–Trinajstić information content (AvgIpc) is 2.97. The molecule has 0 fully saturated rings. The largest absolute Gasteiger partial charge is 0.507 e. The van der Waals surface area contributed by atoms with Crippen LogP contribution in [0.1, 0.15) is 92.1 Å². The molecule has 0 radical (unpaired) electrons. The number of ketones is 2. The van der Waals surface area contributed by atoms with Crippen molar-refractivity contribution < 1.29 is 28.6 Å². The molecule has 0 spiro atoms. The summed E-state index contributed by atoms with van der Waals surface area (Å²) in [4.78, 5) is 32.2. The van der Waals surface area contributed by atoms with Crippen molar-refractivity contribution in [2.24, 2.45) is 0 Å². The second kappa shape index (κ2) is 15.3. The number of halogens is 3. The van der Waals surface area contributed by atoms with E-state index in [4.69, 9.17) is 0 Å². The minimum atomic E-state index is -1.28. The summed E-state index contributed by atoms with van der Waals surface area (Å²) in [5, 5.41) is 26.9. The van der Waals surface area contributed by atoms with Gasteiger partial charge in [-0.3, -0.25) is 9.59 Å². The predicted molar refractivity (Wildman–Crippen MR) is 172 cm³/mol. The Balaban J connectivity index is 2.03. The van der Waals surface area contributed by atoms with Crippen LogP contribution < -0.4 is 10.6 Å². The lowest BCUT2D eigenvalue weighted by atomic mass is 9.80. The van der Waals surface area contributed by atoms with Gasteiger partial charge in [0.05, 0.1) is 37.7 Å². The molecule has 0 saturated carbocycles. The van der Waals surface area contributed by atoms with Crippen LogP contribution in [0, 0.1) is 11.6 Å². The Morgan fingerprint density at radius 3 is 1.57 bits per heavy atom. The minimum Gasteiger partial charge on any atom is -0.507 e. The maximum absolute atomic E-state index is 15.9. The molecular weight excluding hydrogens is 657 g/mol. The number of benzene rings is 2. The van der Waals surface area contributed by atoms with E-state index in [0.717, 1.165) is 64.2 Å². The first kappa shape index (κ1) is 34.0. The summed E-state index contributed by atoms with van der Waals surface area (Å²) in [5.74, 6) is -5.32. The van der Waals surface area contributed by atoms with Crippen LogP contribution in [-0.4, -0.2) is 80.9 Å². The number of phenolic OH excluding ortho intramolecular Hbond substituents is 2. The number of carbonyl (C=O) groups excluding carboxylic acids is 2. The molecular formula is C31H43F2IN4O4. The van der Waals surface area contributed by atoms with E-state index in [1.807, 2.05) is 0 Å². The van der Waals surface area contributed by atoms with E-state index in [1.165, 1.54) is 0 Å². The molecule has 0 aliphatic heterocycles. The van der Waals surface area contributed by atoms with Gasteiger partial charge in [-0.1, -0.05) is 50.3 Å². The van der Waals surface area contributed by atoms with Gasteiger partial charge in [0, 0.05) is 6.04 Å². The predicted octanol–water partition coefficient (Wildman–Crippen LogP) is 6.37. The summed E-state index contributed by atoms with van der Waals surface area (Å²) >= 11 is 2.07. The number of aromatic hydroxyl groups is 2. The molecule has 0 saturated heterocycles. The van der Waals surface area contributed by atoms with Crippen molar-refractivity contribution in [1.29, 1.82) is 0 Å². The number of nitrogens with zero attached hydrogens (tertiary/aromatic N) is 2. The molecule has 11 heteroatoms. The zero-order valence-electron chi connectivity index (χ0n) is 25.1. The lowest BCUT2D eigenvalue weighted by Gasteiger charge is -2.28. The van der Waals surface area contributed by atoms with Crippen LogP contribution in [0.25, 0.3) is 0 Å². The van der Waals surface area contributed by atoms with Gasteiger partial charge in [0.15, 0.2) is 11.6 Å². The Kier molecular flexibility index (Phi) is 12.4. The quantitative estimate of drug-likeness (QED) is 0.0592. The summed E-state index contributed by atoms with van der Waals surface area (Å²) in [6.45, 7) is 15.4. The van der Waals surface area contributed by atoms with E-state index in [0.29, 0.717) is 12.8 Å². The van der Waals surface area contributed by atoms with Crippen molar-refractivity contribution in [2.45, 2.75) is 70.4 Å². The number of fused-ring (bicyclic) bond motifs is 2. The van der Waals surface area contributed by atoms with Crippen molar-refractivity contribution in [3.63, 3.8) is 0 Å². The van der Waals surface area contributed by atoms with Gasteiger partial charge >= 0.3 is 0 Å². The molecule has 0 bridgehead atoms. The van der Waals surface area contributed by atoms with E-state index in [1.54, 1.807) is 6.92 Å². The molecule has 4 N–H and O–H groups in total. The molecule has 8 nitrogen and oxygen atoms in total. The number of rotatable bonds is 16. The standard InChI is InChI=1S/C31H43F2IN4O4/c1-6-37(7-2)16-10-12-18(5)35-28-24-25(31(42)23-20(40)15-14-19(39)22(23)30(24)41)29(27(33)26(28)32)36-21(34)13-11-17-38(8-3)9-4/h14-15,18,21,35-36,39-40H,6-13,16-17H2,1-5H3. The SMILES string of the molecule is CCN(CC)CCCC(C)Nc1c(F)c(F)c(NC(I)CCCN(CC)CC)c2c1C(=O)c1c(O)ccc(O)c1C2=O. The molecule has 0 heterocycles. The van der Waals surface area contributed by atoms with Crippen LogP contribution in [0.3, 0.4) is 0 Å². The van der Waals surface area contributed by atoms with E-state index < -0.39 is 57.2 Å². The summed E-state index contributed by atoms with van der Waals surface area (Å²) in [6.07, 6.45) is 2.78. The zero-order valence-corrected chi connectivity index (χ0v) is 27.3. The highest BCUT2D eigenvalue weighted by atomic mass is 127. The molecule has 2 unspecified atom stereocenters. The number of hydrogen-bond acceptors (Lipinski definition) is 8. The van der Waals surface area contributed by atoms with E-state index in [-0.39, 0.29) is 21.2 Å². The molecule has 232 valence electrons. The highest BCUT2D eigenvalue weighted by Crippen LogP contribution is 2.45. The number of carbonyl (C=O) groups is 2. The lowest BCUT2D eigenvalue weighted by molar-refractivity contribution is 0.0974. The second-order valence-corrected chi connectivity index (χ2v) is 12.1. The van der Waals surface area contributed by atoms with Crippen molar-refractivity contribution in [1.82, 2.24) is 9.80 Å². The van der Waals surface area contributed by atoms with Crippen LogP contribution in [0.2, 0.25) is 0 Å². The lowest BCUT2D eigenvalue weighted by Crippen LogP contribution is -2.30. The highest BCUT2D eigenvalue weighted by molar-refractivity contribution is 14.1. The molecule has 3 rings (SSSR count). The third-order valence-electron chi connectivity index (χ3n) is 7.98. The van der Waals surface area contributed by atoms with Crippen LogP contribution in [0.4, 0.5) is 20.2 Å². The third-order valence-corrected chi connectivity index (χ3v) is 8.91. The maximum Gasteiger partial charge on any atom is 0.200 e. The topological polar surface area (TPSA) is 105 Å². The Morgan fingerprint density at radius 2 is 1.14 bits per heavy atom. The first-order chi connectivity index (χ1) is 20.0. The van der Waals surface area contributed by atoms with Gasteiger partial charge in [0.25, 0.3) is 0 Å². The van der Waals surface area contributed by atoms with Crippen molar-refractivity contribution in [3.05, 3.63) is 46.0 Å². The molecule has 2 atom stereocenters. The third kappa shape index (κ3) is 7.34. The van der Waals surface area contributed by atoms with Crippen LogP contribution in [-0.2, 0) is 0 Å². The number of anilines is 2. The number of alkyl halides is 1. The van der Waals surface area contributed by atoms with Gasteiger partial charge in [-0.2, -0.15) is 0 Å². The van der Waals surface area contributed by atoms with Gasteiger partial charge in [-0.15, -0.1) is 0 Å². The summed E-state index contributed by atoms with van der Waals surface area (Å²) in [7, 11) is 0. The van der Waals surface area contributed by atoms with Crippen LogP contribution in [0.5, 0.6) is 11.5 Å². The molecule has 0 amide bonds. The van der Waals surface area contributed by atoms with Gasteiger partial charge in [0.2, 0.25) is 11.6 Å². The zero-order chi connectivity index (χ0) is 31.1. The first-order valence-corrected chi connectivity index (χ1v) is 16.1. The monoisotopic (exact) mass is 700 g/mol. The Morgan fingerprint density at radius 1 is 0.738 bits per heavy atom. The van der Waals surface area contributed by atoms with Crippen molar-refractivity contribution in [3.8, 4) is 11.5 Å². The molecule has 2 aromatic carbocycles. The maximum atomic E-state index is 15.9. The molecule has 0 aromatic heterocycles. The highest BCUT2D eigenvalue weighted by Gasteiger charge is 2.41. The Bertz CT molecular complexity index is 1190. The van der Waals surface area contributed by atoms with Crippen molar-refractivity contribution in [2.75, 3.05) is 49.9 Å². The van der Waals surface area contributed by atoms with E-state index >= 15 is 8.78 Å². The second-order valence-electron chi connectivity index (χ2n) is 10.6.